The topological polar surface area (TPSA) is 108 Å². The van der Waals surface area contributed by atoms with Crippen LogP contribution in [0.5, 0.6) is 0 Å². The third-order valence-corrected chi connectivity index (χ3v) is 3.60. The summed E-state index contributed by atoms with van der Waals surface area (Å²) in [7, 11) is 0. The van der Waals surface area contributed by atoms with Crippen molar-refractivity contribution in [3.63, 3.8) is 0 Å². The number of hydrogen-bond acceptors (Lipinski definition) is 8. The molecule has 0 aliphatic rings. The van der Waals surface area contributed by atoms with Crippen molar-refractivity contribution in [1.82, 2.24) is 9.97 Å². The predicted octanol–water partition coefficient (Wildman–Crippen LogP) is 6.00. The number of ether oxygens (including phenoxy) is 3. The van der Waals surface area contributed by atoms with E-state index < -0.39 is 46.9 Å². The second-order valence-electron chi connectivity index (χ2n) is 10.8. The van der Waals surface area contributed by atoms with E-state index in [1.807, 2.05) is 0 Å². The maximum absolute atomic E-state index is 13.3. The fourth-order valence-corrected chi connectivity index (χ4v) is 2.47. The van der Waals surface area contributed by atoms with E-state index in [1.54, 1.807) is 68.4 Å². The standard InChI is InChI=1S/C15H21FN2O4.C11H14FNO2/c1-14(2,3)21-12(19)18(13(20)22-15(4,5)6)11-9-7-8-10(16)17-11;1-11(2,3)15-10(14)7-8-5-4-6-9(12)13-8/h7-9H,1-6H3;4-6H,7H2,1-3H3. The van der Waals surface area contributed by atoms with E-state index in [2.05, 4.69) is 9.97 Å². The molecule has 0 spiro atoms. The molecule has 0 aliphatic heterocycles. The van der Waals surface area contributed by atoms with Gasteiger partial charge < -0.3 is 14.2 Å². The van der Waals surface area contributed by atoms with Crippen molar-refractivity contribution in [3.05, 3.63) is 54.0 Å². The van der Waals surface area contributed by atoms with Crippen molar-refractivity contribution in [2.24, 2.45) is 0 Å². The number of hydrogen-bond donors (Lipinski definition) is 0. The summed E-state index contributed by atoms with van der Waals surface area (Å²) in [6, 6.07) is 8.09. The Bertz CT molecular complexity index is 1060. The monoisotopic (exact) mass is 523 g/mol. The normalized spacial score (nSPS) is 11.5. The van der Waals surface area contributed by atoms with Gasteiger partial charge in [0.05, 0.1) is 12.1 Å². The third kappa shape index (κ3) is 13.3. The molecule has 2 heterocycles. The van der Waals surface area contributed by atoms with Gasteiger partial charge in [-0.25, -0.2) is 19.6 Å². The molecule has 204 valence electrons. The molecule has 9 nitrogen and oxygen atoms in total. The lowest BCUT2D eigenvalue weighted by molar-refractivity contribution is -0.154. The van der Waals surface area contributed by atoms with Crippen LogP contribution in [0.1, 0.15) is 68.0 Å². The Kier molecular flexibility index (Phi) is 10.7. The highest BCUT2D eigenvalue weighted by Crippen LogP contribution is 2.20. The summed E-state index contributed by atoms with van der Waals surface area (Å²) in [6.07, 6.45) is -1.98. The van der Waals surface area contributed by atoms with E-state index >= 15 is 0 Å². The summed E-state index contributed by atoms with van der Waals surface area (Å²) in [5.74, 6) is -2.02. The second kappa shape index (κ2) is 12.6. The molecule has 0 unspecified atom stereocenters. The van der Waals surface area contributed by atoms with Crippen molar-refractivity contribution in [1.29, 1.82) is 0 Å². The van der Waals surface area contributed by atoms with Crippen molar-refractivity contribution >= 4 is 24.0 Å². The molecule has 2 aromatic rings. The summed E-state index contributed by atoms with van der Waals surface area (Å²) in [5, 5.41) is 0. The molecule has 0 atom stereocenters. The quantitative estimate of drug-likeness (QED) is 0.274. The number of esters is 1. The first-order valence-electron chi connectivity index (χ1n) is 11.5. The highest BCUT2D eigenvalue weighted by atomic mass is 19.1. The first-order chi connectivity index (χ1) is 16.8. The Morgan fingerprint density at radius 2 is 1.14 bits per heavy atom. The van der Waals surface area contributed by atoms with Gasteiger partial charge in [0.1, 0.15) is 16.8 Å². The Morgan fingerprint density at radius 1 is 0.703 bits per heavy atom. The zero-order chi connectivity index (χ0) is 28.6. The number of amides is 2. The zero-order valence-electron chi connectivity index (χ0n) is 22.7. The average Bonchev–Trinajstić information content (AvgIpc) is 2.64. The van der Waals surface area contributed by atoms with Crippen LogP contribution in [-0.4, -0.2) is 44.9 Å². The first kappa shape index (κ1) is 31.4. The van der Waals surface area contributed by atoms with E-state index in [9.17, 15) is 23.2 Å². The lowest BCUT2D eigenvalue weighted by Crippen LogP contribution is -2.44. The van der Waals surface area contributed by atoms with Crippen LogP contribution in [0.2, 0.25) is 0 Å². The Morgan fingerprint density at radius 3 is 1.54 bits per heavy atom. The van der Waals surface area contributed by atoms with Gasteiger partial charge in [-0.05, 0) is 86.6 Å². The van der Waals surface area contributed by atoms with Gasteiger partial charge in [0.25, 0.3) is 0 Å². The van der Waals surface area contributed by atoms with E-state index in [1.165, 1.54) is 24.3 Å². The van der Waals surface area contributed by atoms with E-state index in [0.717, 1.165) is 6.07 Å². The van der Waals surface area contributed by atoms with Crippen molar-refractivity contribution in [2.45, 2.75) is 85.5 Å². The van der Waals surface area contributed by atoms with Crippen molar-refractivity contribution < 1.29 is 37.4 Å². The van der Waals surface area contributed by atoms with Crippen LogP contribution in [0.25, 0.3) is 0 Å². The Balaban J connectivity index is 0.000000397. The van der Waals surface area contributed by atoms with Crippen LogP contribution in [0.3, 0.4) is 0 Å². The molecule has 0 radical (unpaired) electrons. The number of anilines is 1. The lowest BCUT2D eigenvalue weighted by Gasteiger charge is -2.27. The Labute approximate surface area is 216 Å². The smallest absolute Gasteiger partial charge is 0.425 e. The number of halogens is 2. The van der Waals surface area contributed by atoms with Gasteiger partial charge >= 0.3 is 18.2 Å². The summed E-state index contributed by atoms with van der Waals surface area (Å²) in [4.78, 5) is 43.5. The minimum atomic E-state index is -0.986. The summed E-state index contributed by atoms with van der Waals surface area (Å²) in [5.41, 5.74) is -1.80. The number of aromatic nitrogens is 2. The van der Waals surface area contributed by atoms with Gasteiger partial charge in [-0.1, -0.05) is 12.1 Å². The van der Waals surface area contributed by atoms with Gasteiger partial charge in [-0.2, -0.15) is 13.7 Å². The fraction of sp³-hybridized carbons (Fsp3) is 0.500. The number of rotatable bonds is 3. The molecule has 0 fully saturated rings. The summed E-state index contributed by atoms with van der Waals surface area (Å²) >= 11 is 0. The molecular formula is C26H35F2N3O6. The number of carbonyl (C=O) groups is 3. The molecule has 0 saturated carbocycles. The number of pyridine rings is 2. The van der Waals surface area contributed by atoms with E-state index in [-0.39, 0.29) is 12.2 Å². The van der Waals surface area contributed by atoms with Crippen LogP contribution in [0.15, 0.2) is 36.4 Å². The highest BCUT2D eigenvalue weighted by Gasteiger charge is 2.33. The van der Waals surface area contributed by atoms with E-state index in [0.29, 0.717) is 10.6 Å². The van der Waals surface area contributed by atoms with Crippen LogP contribution < -0.4 is 4.90 Å². The molecule has 0 N–H and O–H groups in total. The molecule has 2 aromatic heterocycles. The van der Waals surface area contributed by atoms with Gasteiger partial charge in [0.2, 0.25) is 11.9 Å². The van der Waals surface area contributed by atoms with Crippen molar-refractivity contribution in [2.75, 3.05) is 4.90 Å². The molecule has 11 heteroatoms. The summed E-state index contributed by atoms with van der Waals surface area (Å²) < 4.78 is 41.4. The number of nitrogens with zero attached hydrogens (tertiary/aromatic N) is 3. The Hall–Kier alpha value is -3.63. The van der Waals surface area contributed by atoms with Crippen LogP contribution in [0.4, 0.5) is 24.2 Å². The van der Waals surface area contributed by atoms with Crippen LogP contribution in [-0.2, 0) is 25.4 Å². The average molecular weight is 524 g/mol. The SMILES string of the molecule is CC(C)(C)OC(=O)Cc1cccc(F)n1.CC(C)(C)OC(=O)N(C(=O)OC(C)(C)C)c1cccc(F)n1. The van der Waals surface area contributed by atoms with Crippen LogP contribution >= 0.6 is 0 Å². The number of carbonyl (C=O) groups excluding carboxylic acids is 3. The molecular weight excluding hydrogens is 488 g/mol. The first-order valence-corrected chi connectivity index (χ1v) is 11.5. The van der Waals surface area contributed by atoms with Gasteiger partial charge in [0.15, 0.2) is 5.82 Å². The lowest BCUT2D eigenvalue weighted by atomic mass is 10.2. The maximum atomic E-state index is 13.3. The molecule has 0 aromatic carbocycles. The van der Waals surface area contributed by atoms with Crippen LogP contribution in [0, 0.1) is 11.9 Å². The third-order valence-electron chi connectivity index (χ3n) is 3.60. The van der Waals surface area contributed by atoms with Crippen molar-refractivity contribution in [3.8, 4) is 0 Å². The maximum Gasteiger partial charge on any atom is 0.425 e. The molecule has 37 heavy (non-hydrogen) atoms. The van der Waals surface area contributed by atoms with Gasteiger partial charge in [-0.15, -0.1) is 0 Å². The number of imide groups is 1. The van der Waals surface area contributed by atoms with Gasteiger partial charge in [-0.3, -0.25) is 4.79 Å². The van der Waals surface area contributed by atoms with Gasteiger partial charge in [0, 0.05) is 0 Å². The summed E-state index contributed by atoms with van der Waals surface area (Å²) in [6.45, 7) is 15.2. The molecule has 0 bridgehead atoms. The predicted molar refractivity (Wildman–Crippen MR) is 133 cm³/mol. The molecule has 2 amide bonds. The fourth-order valence-electron chi connectivity index (χ4n) is 2.47. The molecule has 0 aliphatic carbocycles. The van der Waals surface area contributed by atoms with E-state index in [4.69, 9.17) is 14.2 Å². The molecule has 2 rings (SSSR count). The molecule has 0 saturated heterocycles. The largest absolute Gasteiger partial charge is 0.460 e. The minimum Gasteiger partial charge on any atom is -0.460 e. The zero-order valence-corrected chi connectivity index (χ0v) is 22.7. The second-order valence-corrected chi connectivity index (χ2v) is 10.8. The minimum absolute atomic E-state index is 0.00493. The highest BCUT2D eigenvalue weighted by molar-refractivity contribution is 6.08.